The van der Waals surface area contributed by atoms with E-state index >= 15 is 0 Å². The Bertz CT molecular complexity index is 939. The summed E-state index contributed by atoms with van der Waals surface area (Å²) >= 11 is 5.10. The van der Waals surface area contributed by atoms with Crippen LogP contribution in [0.3, 0.4) is 0 Å². The Kier molecular flexibility index (Phi) is 5.00. The van der Waals surface area contributed by atoms with Gasteiger partial charge in [-0.2, -0.15) is 13.2 Å². The zero-order valence-corrected chi connectivity index (χ0v) is 15.7. The highest BCUT2D eigenvalue weighted by Crippen LogP contribution is 2.41. The molecule has 1 fully saturated rings. The van der Waals surface area contributed by atoms with E-state index in [4.69, 9.17) is 29.5 Å². The first kappa shape index (κ1) is 20.4. The number of hydrogen-bond donors (Lipinski definition) is 0. The maximum absolute atomic E-state index is 13.2. The predicted octanol–water partition coefficient (Wildman–Crippen LogP) is 3.49. The lowest BCUT2D eigenvalue weighted by atomic mass is 10.0. The Morgan fingerprint density at radius 2 is 1.92 bits per heavy atom. The van der Waals surface area contributed by atoms with E-state index in [-0.39, 0.29) is 10.8 Å². The Labute approximate surface area is 157 Å². The molecule has 1 heterocycles. The van der Waals surface area contributed by atoms with Gasteiger partial charge in [-0.25, -0.2) is 13.3 Å². The molecule has 0 aromatic heterocycles. The average molecular weight is 426 g/mol. The Hall–Kier alpha value is -1.90. The van der Waals surface area contributed by atoms with Crippen LogP contribution in [0, 0.1) is 6.57 Å². The molecular weight excluding hydrogens is 415 g/mol. The minimum atomic E-state index is -4.81. The molecule has 1 aliphatic heterocycles. The molecule has 1 amide bonds. The summed E-state index contributed by atoms with van der Waals surface area (Å²) in [6.45, 7) is 9.60. The van der Waals surface area contributed by atoms with E-state index in [1.54, 1.807) is 0 Å². The molecular formula is C14H11ClF3N3O3S2. The average Bonchev–Trinajstić information content (AvgIpc) is 2.65. The third-order valence-corrected chi connectivity index (χ3v) is 5.03. The van der Waals surface area contributed by atoms with Crippen molar-refractivity contribution < 1.29 is 26.4 Å². The smallest absolute Gasteiger partial charge is 0.319 e. The maximum atomic E-state index is 13.2. The molecule has 0 bridgehead atoms. The van der Waals surface area contributed by atoms with Gasteiger partial charge in [0.1, 0.15) is 11.4 Å². The highest BCUT2D eigenvalue weighted by Gasteiger charge is 2.51. The second-order valence-electron chi connectivity index (χ2n) is 5.89. The minimum Gasteiger partial charge on any atom is -0.319 e. The zero-order valence-electron chi connectivity index (χ0n) is 13.3. The molecule has 26 heavy (non-hydrogen) atoms. The van der Waals surface area contributed by atoms with Crippen LogP contribution in [0.5, 0.6) is 0 Å². The zero-order chi connectivity index (χ0) is 20.1. The normalized spacial score (nSPS) is 17.6. The largest absolute Gasteiger partial charge is 0.407 e. The van der Waals surface area contributed by atoms with Crippen LogP contribution in [0.1, 0.15) is 19.4 Å². The number of hydrogen-bond acceptors (Lipinski definition) is 4. The molecule has 2 rings (SSSR count). The number of carbonyl (C=O) groups excluding carboxylic acids is 1. The maximum Gasteiger partial charge on any atom is 0.407 e. The van der Waals surface area contributed by atoms with Crippen molar-refractivity contribution >= 4 is 54.3 Å². The van der Waals surface area contributed by atoms with Crippen molar-refractivity contribution in [1.29, 1.82) is 0 Å². The Morgan fingerprint density at radius 1 is 1.35 bits per heavy atom. The molecule has 0 N–H and O–H groups in total. The van der Waals surface area contributed by atoms with Crippen molar-refractivity contribution in [1.82, 2.24) is 4.90 Å². The lowest BCUT2D eigenvalue weighted by Crippen LogP contribution is -2.45. The number of thiocarbonyl (C=S) groups is 1. The van der Waals surface area contributed by atoms with Crippen LogP contribution in [-0.2, 0) is 20.0 Å². The molecule has 0 spiro atoms. The van der Waals surface area contributed by atoms with Crippen LogP contribution in [-0.4, -0.2) is 35.8 Å². The van der Waals surface area contributed by atoms with Gasteiger partial charge < -0.3 is 4.90 Å². The van der Waals surface area contributed by atoms with E-state index in [2.05, 4.69) is 4.85 Å². The topological polar surface area (TPSA) is 62.1 Å². The highest BCUT2D eigenvalue weighted by molar-refractivity contribution is 8.13. The second kappa shape index (κ2) is 6.37. The number of nitrogens with zero attached hydrogens (tertiary/aromatic N) is 3. The third-order valence-electron chi connectivity index (χ3n) is 3.77. The summed E-state index contributed by atoms with van der Waals surface area (Å²) in [7, 11) is 1.16. The number of benzene rings is 1. The van der Waals surface area contributed by atoms with Crippen molar-refractivity contribution in [2.45, 2.75) is 25.6 Å². The summed E-state index contributed by atoms with van der Waals surface area (Å²) in [6.07, 6.45) is -4.81. The first-order valence-electron chi connectivity index (χ1n) is 6.87. The van der Waals surface area contributed by atoms with Gasteiger partial charge in [-0.15, -0.1) is 0 Å². The predicted molar refractivity (Wildman–Crippen MR) is 93.3 cm³/mol. The van der Waals surface area contributed by atoms with Crippen LogP contribution in [0.4, 0.5) is 24.5 Å². The number of anilines is 1. The third kappa shape index (κ3) is 3.62. The van der Waals surface area contributed by atoms with Crippen LogP contribution < -0.4 is 4.90 Å². The van der Waals surface area contributed by atoms with Crippen molar-refractivity contribution in [2.75, 3.05) is 10.8 Å². The first-order valence-corrected chi connectivity index (χ1v) is 9.76. The van der Waals surface area contributed by atoms with Crippen LogP contribution in [0.2, 0.25) is 0 Å². The summed E-state index contributed by atoms with van der Waals surface area (Å²) in [4.78, 5) is 17.3. The second-order valence-corrected chi connectivity index (χ2v) is 9.00. The van der Waals surface area contributed by atoms with Gasteiger partial charge >= 0.3 is 6.18 Å². The molecule has 1 aromatic carbocycles. The molecule has 0 saturated carbocycles. The van der Waals surface area contributed by atoms with Gasteiger partial charge in [-0.3, -0.25) is 9.69 Å². The van der Waals surface area contributed by atoms with E-state index in [0.717, 1.165) is 21.9 Å². The van der Waals surface area contributed by atoms with Gasteiger partial charge in [0, 0.05) is 16.4 Å². The number of carbonyl (C=O) groups is 1. The summed E-state index contributed by atoms with van der Waals surface area (Å²) in [5.74, 6) is -1.50. The highest BCUT2D eigenvalue weighted by atomic mass is 35.7. The van der Waals surface area contributed by atoms with Gasteiger partial charge in [0.15, 0.2) is 10.8 Å². The molecule has 140 valence electrons. The molecule has 1 aromatic rings. The summed E-state index contributed by atoms with van der Waals surface area (Å²) < 4.78 is 62.3. The number of amides is 1. The van der Waals surface area contributed by atoms with Crippen molar-refractivity contribution in [3.63, 3.8) is 0 Å². The summed E-state index contributed by atoms with van der Waals surface area (Å²) in [6, 6.07) is 2.70. The summed E-state index contributed by atoms with van der Waals surface area (Å²) in [5, 5.41) is -0.298. The lowest BCUT2D eigenvalue weighted by Gasteiger charge is -2.27. The van der Waals surface area contributed by atoms with E-state index in [9.17, 15) is 26.4 Å². The van der Waals surface area contributed by atoms with Crippen molar-refractivity contribution in [3.8, 4) is 0 Å². The van der Waals surface area contributed by atoms with Gasteiger partial charge in [0.25, 0.3) is 15.0 Å². The molecule has 1 saturated heterocycles. The molecule has 0 aliphatic carbocycles. The number of halogens is 4. The van der Waals surface area contributed by atoms with Crippen molar-refractivity contribution in [2.24, 2.45) is 0 Å². The fourth-order valence-corrected chi connectivity index (χ4v) is 4.03. The SMILES string of the molecule is [C-]#[N+]c1ccc(N2C(=O)C(C)(C)N(CS(=O)(=O)Cl)C2=S)cc1C(F)(F)F. The molecule has 6 nitrogen and oxygen atoms in total. The molecule has 12 heteroatoms. The van der Waals surface area contributed by atoms with E-state index < -0.39 is 43.8 Å². The van der Waals surface area contributed by atoms with Crippen LogP contribution in [0.25, 0.3) is 4.85 Å². The van der Waals surface area contributed by atoms with Gasteiger partial charge in [-0.1, -0.05) is 6.07 Å². The molecule has 0 radical (unpaired) electrons. The van der Waals surface area contributed by atoms with Crippen LogP contribution in [0.15, 0.2) is 18.2 Å². The molecule has 0 unspecified atom stereocenters. The molecule has 0 atom stereocenters. The van der Waals surface area contributed by atoms with E-state index in [1.807, 2.05) is 0 Å². The fraction of sp³-hybridized carbons (Fsp3) is 0.357. The Morgan fingerprint density at radius 3 is 2.38 bits per heavy atom. The van der Waals surface area contributed by atoms with E-state index in [1.165, 1.54) is 13.8 Å². The number of alkyl halides is 3. The van der Waals surface area contributed by atoms with Gasteiger partial charge in [-0.05, 0) is 38.2 Å². The monoisotopic (exact) mass is 425 g/mol. The molecule has 1 aliphatic rings. The lowest BCUT2D eigenvalue weighted by molar-refractivity contribution is -0.136. The van der Waals surface area contributed by atoms with Gasteiger partial charge in [0.2, 0.25) is 0 Å². The Balaban J connectivity index is 2.58. The number of rotatable bonds is 3. The minimum absolute atomic E-state index is 0.220. The van der Waals surface area contributed by atoms with Crippen LogP contribution >= 0.6 is 22.9 Å². The van der Waals surface area contributed by atoms with E-state index in [0.29, 0.717) is 6.07 Å². The van der Waals surface area contributed by atoms with Crippen molar-refractivity contribution in [3.05, 3.63) is 35.2 Å². The summed E-state index contributed by atoms with van der Waals surface area (Å²) in [5.41, 5.74) is -3.50. The quantitative estimate of drug-likeness (QED) is 0.421. The van der Waals surface area contributed by atoms with Gasteiger partial charge in [0.05, 0.1) is 12.1 Å². The first-order chi connectivity index (χ1) is 11.7. The standard InChI is InChI=1S/C14H11ClF3N3O3S2/c1-13(2)11(22)21(12(25)20(13)7-26(15,23)24)8-4-5-10(19-3)9(6-8)14(16,17)18/h4-6H,7H2,1-2H3. The fourth-order valence-electron chi connectivity index (χ4n) is 2.42.